The van der Waals surface area contributed by atoms with E-state index in [-0.39, 0.29) is 6.61 Å². The highest BCUT2D eigenvalue weighted by Gasteiger charge is 2.26. The summed E-state index contributed by atoms with van der Waals surface area (Å²) in [5.74, 6) is 1.41. The summed E-state index contributed by atoms with van der Waals surface area (Å²) in [6, 6.07) is 6.43. The fraction of sp³-hybridized carbons (Fsp3) is 0.500. The molecule has 3 heterocycles. The van der Waals surface area contributed by atoms with E-state index >= 15 is 0 Å². The van der Waals surface area contributed by atoms with Gasteiger partial charge in [0, 0.05) is 18.7 Å². The number of nitrogens with zero attached hydrogens (tertiary/aromatic N) is 5. The number of hydrogen-bond acceptors (Lipinski definition) is 5. The Labute approximate surface area is 152 Å². The van der Waals surface area contributed by atoms with Crippen molar-refractivity contribution in [2.75, 3.05) is 0 Å². The molecular weight excluding hydrogens is 326 g/mol. The lowest BCUT2D eigenvalue weighted by Crippen LogP contribution is -2.20. The van der Waals surface area contributed by atoms with Gasteiger partial charge in [-0.2, -0.15) is 5.26 Å². The van der Waals surface area contributed by atoms with Crippen molar-refractivity contribution >= 4 is 22.1 Å². The van der Waals surface area contributed by atoms with E-state index in [9.17, 15) is 5.11 Å². The second-order valence-electron chi connectivity index (χ2n) is 7.14. The molecule has 0 bridgehead atoms. The maximum absolute atomic E-state index is 9.86. The van der Waals surface area contributed by atoms with Crippen LogP contribution in [0.3, 0.4) is 0 Å². The van der Waals surface area contributed by atoms with Crippen LogP contribution >= 0.6 is 0 Å². The summed E-state index contributed by atoms with van der Waals surface area (Å²) in [6.07, 6.45) is 10.8. The van der Waals surface area contributed by atoms with Gasteiger partial charge < -0.3 is 9.67 Å². The van der Waals surface area contributed by atoms with Crippen molar-refractivity contribution in [1.82, 2.24) is 19.5 Å². The first-order valence-electron chi connectivity index (χ1n) is 9.40. The maximum Gasteiger partial charge on any atom is 0.136 e. The minimum absolute atomic E-state index is 0.0783. The molecule has 0 spiro atoms. The molecule has 1 N–H and O–H groups in total. The Hall–Kier alpha value is -2.52. The van der Waals surface area contributed by atoms with Crippen molar-refractivity contribution in [2.24, 2.45) is 5.92 Å². The fourth-order valence-electron chi connectivity index (χ4n) is 4.30. The first-order valence-corrected chi connectivity index (χ1v) is 9.40. The molecule has 1 fully saturated rings. The third-order valence-electron chi connectivity index (χ3n) is 5.57. The van der Waals surface area contributed by atoms with E-state index in [0.717, 1.165) is 60.6 Å². The molecule has 0 aromatic carbocycles. The first kappa shape index (κ1) is 16.9. The predicted molar refractivity (Wildman–Crippen MR) is 99.2 cm³/mol. The van der Waals surface area contributed by atoms with Gasteiger partial charge in [0.2, 0.25) is 0 Å². The summed E-state index contributed by atoms with van der Waals surface area (Å²) in [5.41, 5.74) is 3.51. The molecule has 6 nitrogen and oxygen atoms in total. The van der Waals surface area contributed by atoms with Crippen LogP contribution in [0.25, 0.3) is 22.1 Å². The monoisotopic (exact) mass is 349 g/mol. The van der Waals surface area contributed by atoms with Crippen LogP contribution in [-0.4, -0.2) is 24.6 Å². The summed E-state index contributed by atoms with van der Waals surface area (Å²) in [6.45, 7) is -0.0783. The SMILES string of the molecule is N#CCCCC1CCC(n2c(CO)nc3cnc4cccnc4c32)CC1. The molecule has 134 valence electrons. The van der Waals surface area contributed by atoms with Crippen molar-refractivity contribution in [3.05, 3.63) is 30.4 Å². The molecule has 6 heteroatoms. The maximum atomic E-state index is 9.86. The second kappa shape index (κ2) is 7.38. The predicted octanol–water partition coefficient (Wildman–Crippen LogP) is 3.90. The van der Waals surface area contributed by atoms with Crippen LogP contribution in [0.4, 0.5) is 0 Å². The molecule has 0 atom stereocenters. The third-order valence-corrected chi connectivity index (χ3v) is 5.57. The Morgan fingerprint density at radius 2 is 2.04 bits per heavy atom. The summed E-state index contributed by atoms with van der Waals surface area (Å²) in [5, 5.41) is 18.6. The molecule has 4 rings (SSSR count). The summed E-state index contributed by atoms with van der Waals surface area (Å²) >= 11 is 0. The molecule has 0 radical (unpaired) electrons. The van der Waals surface area contributed by atoms with E-state index in [1.165, 1.54) is 0 Å². The van der Waals surface area contributed by atoms with Crippen LogP contribution in [0.2, 0.25) is 0 Å². The minimum Gasteiger partial charge on any atom is -0.388 e. The van der Waals surface area contributed by atoms with Crippen LogP contribution in [0.15, 0.2) is 24.5 Å². The molecule has 26 heavy (non-hydrogen) atoms. The normalized spacial score (nSPS) is 20.5. The van der Waals surface area contributed by atoms with Crippen LogP contribution in [0, 0.1) is 17.2 Å². The molecule has 1 aliphatic rings. The summed E-state index contributed by atoms with van der Waals surface area (Å²) in [7, 11) is 0. The standard InChI is InChI=1S/C20H23N5O/c21-10-2-1-4-14-6-8-15(9-7-14)25-18(13-26)24-17-12-23-16-5-3-11-22-19(16)20(17)25/h3,5,11-12,14-15,26H,1-2,4,6-9,13H2. The molecule has 3 aromatic rings. The second-order valence-corrected chi connectivity index (χ2v) is 7.14. The number of imidazole rings is 1. The Balaban J connectivity index is 1.66. The van der Waals surface area contributed by atoms with Crippen LogP contribution in [0.5, 0.6) is 0 Å². The van der Waals surface area contributed by atoms with Gasteiger partial charge >= 0.3 is 0 Å². The van der Waals surface area contributed by atoms with Crippen LogP contribution in [0.1, 0.15) is 56.8 Å². The number of hydrogen-bond donors (Lipinski definition) is 1. The zero-order valence-corrected chi connectivity index (χ0v) is 14.8. The number of aliphatic hydroxyl groups is 1. The van der Waals surface area contributed by atoms with E-state index in [4.69, 9.17) is 5.26 Å². The first-order chi connectivity index (χ1) is 12.8. The van der Waals surface area contributed by atoms with Gasteiger partial charge in [0.1, 0.15) is 23.5 Å². The molecule has 0 aliphatic heterocycles. The number of pyridine rings is 2. The quantitative estimate of drug-likeness (QED) is 0.706. The lowest BCUT2D eigenvalue weighted by atomic mass is 9.83. The van der Waals surface area contributed by atoms with Crippen LogP contribution < -0.4 is 0 Å². The highest BCUT2D eigenvalue weighted by atomic mass is 16.3. The average molecular weight is 349 g/mol. The number of nitriles is 1. The van der Waals surface area contributed by atoms with Gasteiger partial charge in [-0.25, -0.2) is 4.98 Å². The van der Waals surface area contributed by atoms with Crippen molar-refractivity contribution in [1.29, 1.82) is 5.26 Å². The summed E-state index contributed by atoms with van der Waals surface area (Å²) in [4.78, 5) is 13.6. The van der Waals surface area contributed by atoms with Crippen molar-refractivity contribution in [3.63, 3.8) is 0 Å². The molecular formula is C20H23N5O. The van der Waals surface area contributed by atoms with E-state index in [2.05, 4.69) is 25.6 Å². The van der Waals surface area contributed by atoms with Crippen molar-refractivity contribution in [3.8, 4) is 6.07 Å². The molecule has 3 aromatic heterocycles. The average Bonchev–Trinajstić information content (AvgIpc) is 3.08. The van der Waals surface area contributed by atoms with Gasteiger partial charge in [-0.05, 0) is 56.6 Å². The summed E-state index contributed by atoms with van der Waals surface area (Å²) < 4.78 is 2.21. The minimum atomic E-state index is -0.0783. The van der Waals surface area contributed by atoms with Crippen molar-refractivity contribution in [2.45, 2.75) is 57.6 Å². The molecule has 1 aliphatic carbocycles. The largest absolute Gasteiger partial charge is 0.388 e. The third kappa shape index (κ3) is 3.04. The fourth-order valence-corrected chi connectivity index (χ4v) is 4.30. The van der Waals surface area contributed by atoms with Gasteiger partial charge in [-0.15, -0.1) is 0 Å². The number of aromatic nitrogens is 4. The Kier molecular flexibility index (Phi) is 4.81. The molecule has 0 amide bonds. The zero-order valence-electron chi connectivity index (χ0n) is 14.8. The molecule has 0 unspecified atom stereocenters. The van der Waals surface area contributed by atoms with E-state index < -0.39 is 0 Å². The Bertz CT molecular complexity index is 950. The van der Waals surface area contributed by atoms with Crippen LogP contribution in [-0.2, 0) is 6.61 Å². The zero-order chi connectivity index (χ0) is 17.9. The van der Waals surface area contributed by atoms with Gasteiger partial charge in [0.25, 0.3) is 0 Å². The highest BCUT2D eigenvalue weighted by molar-refractivity contribution is 5.99. The van der Waals surface area contributed by atoms with E-state index in [1.54, 1.807) is 12.4 Å². The molecule has 0 saturated heterocycles. The number of rotatable bonds is 5. The smallest absolute Gasteiger partial charge is 0.136 e. The lowest BCUT2D eigenvalue weighted by Gasteiger charge is -2.30. The van der Waals surface area contributed by atoms with Gasteiger partial charge in [-0.3, -0.25) is 9.97 Å². The van der Waals surface area contributed by atoms with Gasteiger partial charge in [0.05, 0.1) is 23.3 Å². The molecule has 1 saturated carbocycles. The number of fused-ring (bicyclic) bond motifs is 3. The van der Waals surface area contributed by atoms with E-state index in [0.29, 0.717) is 24.2 Å². The Morgan fingerprint density at radius 3 is 2.81 bits per heavy atom. The van der Waals surface area contributed by atoms with Crippen molar-refractivity contribution < 1.29 is 5.11 Å². The highest BCUT2D eigenvalue weighted by Crippen LogP contribution is 2.38. The lowest BCUT2D eigenvalue weighted by molar-refractivity contribution is 0.233. The van der Waals surface area contributed by atoms with Gasteiger partial charge in [0.15, 0.2) is 0 Å². The Morgan fingerprint density at radius 1 is 1.19 bits per heavy atom. The van der Waals surface area contributed by atoms with E-state index in [1.807, 2.05) is 12.1 Å². The topological polar surface area (TPSA) is 87.6 Å². The van der Waals surface area contributed by atoms with Gasteiger partial charge in [-0.1, -0.05) is 0 Å². The number of aliphatic hydroxyl groups excluding tert-OH is 1. The number of unbranched alkanes of at least 4 members (excludes halogenated alkanes) is 1.